The summed E-state index contributed by atoms with van der Waals surface area (Å²) in [6.07, 6.45) is -10.1. The Morgan fingerprint density at radius 1 is 0.882 bits per heavy atom. The van der Waals surface area contributed by atoms with Crippen LogP contribution in [-0.2, 0) is 13.6 Å². The molecule has 0 spiro atoms. The van der Waals surface area contributed by atoms with Gasteiger partial charge in [-0.25, -0.2) is 4.57 Å². The van der Waals surface area contributed by atoms with E-state index < -0.39 is 44.4 Å². The minimum atomic E-state index is -4.98. The van der Waals surface area contributed by atoms with E-state index in [1.807, 2.05) is 0 Å². The van der Waals surface area contributed by atoms with E-state index in [1.54, 1.807) is 9.47 Å². The Kier molecular flexibility index (Phi) is 5.02. The summed E-state index contributed by atoms with van der Waals surface area (Å²) >= 11 is 0. The summed E-state index contributed by atoms with van der Waals surface area (Å²) in [6.45, 7) is 0. The Morgan fingerprint density at radius 3 is 1.53 bits per heavy atom. The third-order valence-electron chi connectivity index (χ3n) is 2.46. The summed E-state index contributed by atoms with van der Waals surface area (Å²) in [5, 5.41) is 38.0. The average Bonchev–Trinajstić information content (AvgIpc) is 2.21. The number of aliphatic hydroxyl groups is 4. The van der Waals surface area contributed by atoms with Crippen LogP contribution in [0, 0.1) is 0 Å². The molecule has 7 atom stereocenters. The molecule has 0 amide bonds. The number of phosphoric acid groups is 1. The van der Waals surface area contributed by atoms with Gasteiger partial charge in [-0.3, -0.25) is 4.52 Å². The summed E-state index contributed by atoms with van der Waals surface area (Å²) in [7, 11) is -3.24. The molecule has 9 nitrogen and oxygen atoms in total. The minimum Gasteiger partial charge on any atom is -0.387 e. The summed E-state index contributed by atoms with van der Waals surface area (Å²) in [5.74, 6) is 0. The fourth-order valence-electron chi connectivity index (χ4n) is 1.63. The van der Waals surface area contributed by atoms with Crippen molar-refractivity contribution in [3.63, 3.8) is 0 Å². The second-order valence-electron chi connectivity index (χ2n) is 3.62. The number of phosphoric ester groups is 1. The van der Waals surface area contributed by atoms with Crippen molar-refractivity contribution in [3.8, 4) is 0 Å². The lowest BCUT2D eigenvalue weighted by atomic mass is 9.85. The summed E-state index contributed by atoms with van der Waals surface area (Å²) < 4.78 is 19.3. The van der Waals surface area contributed by atoms with Gasteiger partial charge in [-0.05, 0) is 0 Å². The molecule has 0 heterocycles. The van der Waals surface area contributed by atoms with Gasteiger partial charge >= 0.3 is 7.82 Å². The van der Waals surface area contributed by atoms with Gasteiger partial charge in [-0.2, -0.15) is 0 Å². The Hall–Kier alpha value is 0.340. The molecular weight excluding hydrogens is 278 g/mol. The summed E-state index contributed by atoms with van der Waals surface area (Å²) in [5.41, 5.74) is 0. The first-order valence-electron chi connectivity index (χ1n) is 4.51. The van der Waals surface area contributed by atoms with Crippen LogP contribution < -0.4 is 0 Å². The van der Waals surface area contributed by atoms with Crippen molar-refractivity contribution in [3.05, 3.63) is 0 Å². The standard InChI is InChI=1S/C6H14O9P2/c7-1-3(9)6(15-17(11,12)13)4(10)2(8)5(1)14-16/h1-10H,16H2,(H2,11,12,13)/t1-,2+,3-,4-,5?,6?/m1/s1. The van der Waals surface area contributed by atoms with Crippen molar-refractivity contribution in [2.24, 2.45) is 0 Å². The second-order valence-corrected chi connectivity index (χ2v) is 5.09. The van der Waals surface area contributed by atoms with E-state index in [0.29, 0.717) is 0 Å². The maximum atomic E-state index is 10.6. The van der Waals surface area contributed by atoms with Crippen LogP contribution in [0.1, 0.15) is 0 Å². The summed E-state index contributed by atoms with van der Waals surface area (Å²) in [4.78, 5) is 17.1. The fraction of sp³-hybridized carbons (Fsp3) is 1.00. The molecule has 1 aliphatic rings. The van der Waals surface area contributed by atoms with Crippen LogP contribution in [0.2, 0.25) is 0 Å². The zero-order valence-corrected chi connectivity index (χ0v) is 10.4. The zero-order chi connectivity index (χ0) is 13.4. The van der Waals surface area contributed by atoms with Gasteiger partial charge < -0.3 is 34.7 Å². The molecule has 0 saturated heterocycles. The number of hydrogen-bond acceptors (Lipinski definition) is 7. The van der Waals surface area contributed by atoms with E-state index in [9.17, 15) is 25.0 Å². The monoisotopic (exact) mass is 292 g/mol. The van der Waals surface area contributed by atoms with Gasteiger partial charge in [0.2, 0.25) is 0 Å². The van der Waals surface area contributed by atoms with Crippen molar-refractivity contribution in [1.82, 2.24) is 0 Å². The van der Waals surface area contributed by atoms with Gasteiger partial charge in [0.25, 0.3) is 0 Å². The van der Waals surface area contributed by atoms with Crippen LogP contribution in [0.4, 0.5) is 0 Å². The second kappa shape index (κ2) is 5.54. The topological polar surface area (TPSA) is 157 Å². The molecule has 3 unspecified atom stereocenters. The highest BCUT2D eigenvalue weighted by Crippen LogP contribution is 2.41. The molecule has 0 bridgehead atoms. The van der Waals surface area contributed by atoms with E-state index in [2.05, 4.69) is 9.05 Å². The largest absolute Gasteiger partial charge is 0.470 e. The molecule has 1 aliphatic carbocycles. The third kappa shape index (κ3) is 3.42. The van der Waals surface area contributed by atoms with Crippen LogP contribution in [0.5, 0.6) is 0 Å². The van der Waals surface area contributed by atoms with Crippen molar-refractivity contribution in [2.45, 2.75) is 36.6 Å². The zero-order valence-electron chi connectivity index (χ0n) is 8.40. The van der Waals surface area contributed by atoms with Crippen LogP contribution in [0.3, 0.4) is 0 Å². The molecule has 0 aromatic heterocycles. The number of hydrogen-bond donors (Lipinski definition) is 6. The highest BCUT2D eigenvalue weighted by Gasteiger charge is 2.51. The van der Waals surface area contributed by atoms with Crippen molar-refractivity contribution < 1.29 is 43.8 Å². The summed E-state index contributed by atoms with van der Waals surface area (Å²) in [6, 6.07) is 0. The van der Waals surface area contributed by atoms with Gasteiger partial charge in [0.15, 0.2) is 0 Å². The number of aliphatic hydroxyl groups excluding tert-OH is 4. The molecule has 102 valence electrons. The first-order chi connectivity index (χ1) is 7.69. The number of rotatable bonds is 3. The molecular formula is C6H14O9P2. The first-order valence-corrected chi connectivity index (χ1v) is 6.51. The van der Waals surface area contributed by atoms with Crippen molar-refractivity contribution in [1.29, 1.82) is 0 Å². The molecule has 1 saturated carbocycles. The highest BCUT2D eigenvalue weighted by molar-refractivity contribution is 7.46. The van der Waals surface area contributed by atoms with Gasteiger partial charge in [0.1, 0.15) is 36.6 Å². The maximum Gasteiger partial charge on any atom is 0.470 e. The van der Waals surface area contributed by atoms with Gasteiger partial charge in [0, 0.05) is 9.47 Å². The SMILES string of the molecule is O=P(O)(O)OC1[C@H](O)[C@H](O)C(OP)[C@H](O)[C@H]1O. The Bertz CT molecular complexity index is 290. The van der Waals surface area contributed by atoms with E-state index in [-0.39, 0.29) is 0 Å². The van der Waals surface area contributed by atoms with Crippen LogP contribution >= 0.6 is 17.3 Å². The predicted molar refractivity (Wildman–Crippen MR) is 55.5 cm³/mol. The molecule has 1 fully saturated rings. The van der Waals surface area contributed by atoms with E-state index >= 15 is 0 Å². The Labute approximate surface area is 98.5 Å². The molecule has 1 rings (SSSR count). The molecule has 11 heteroatoms. The molecule has 0 aromatic carbocycles. The Morgan fingerprint density at radius 2 is 1.24 bits per heavy atom. The molecule has 17 heavy (non-hydrogen) atoms. The normalized spacial score (nSPS) is 43.7. The lowest BCUT2D eigenvalue weighted by Gasteiger charge is -2.42. The van der Waals surface area contributed by atoms with Gasteiger partial charge in [-0.15, -0.1) is 0 Å². The highest BCUT2D eigenvalue weighted by atomic mass is 31.2. The minimum absolute atomic E-state index is 1.32. The lowest BCUT2D eigenvalue weighted by molar-refractivity contribution is -0.211. The van der Waals surface area contributed by atoms with Gasteiger partial charge in [-0.1, -0.05) is 0 Å². The predicted octanol–water partition coefficient (Wildman–Crippen LogP) is -2.90. The average molecular weight is 292 g/mol. The molecule has 0 radical (unpaired) electrons. The van der Waals surface area contributed by atoms with Crippen LogP contribution in [0.15, 0.2) is 0 Å². The molecule has 0 aliphatic heterocycles. The third-order valence-corrected chi connectivity index (χ3v) is 3.29. The Balaban J connectivity index is 2.89. The van der Waals surface area contributed by atoms with E-state index in [4.69, 9.17) is 9.79 Å². The first kappa shape index (κ1) is 15.4. The fourth-order valence-corrected chi connectivity index (χ4v) is 2.51. The van der Waals surface area contributed by atoms with Crippen LogP contribution in [-0.4, -0.2) is 66.8 Å². The van der Waals surface area contributed by atoms with Gasteiger partial charge in [0.05, 0.1) is 0 Å². The van der Waals surface area contributed by atoms with Crippen molar-refractivity contribution in [2.75, 3.05) is 0 Å². The molecule has 6 N–H and O–H groups in total. The smallest absolute Gasteiger partial charge is 0.387 e. The maximum absolute atomic E-state index is 10.6. The molecule has 0 aromatic rings. The van der Waals surface area contributed by atoms with Crippen LogP contribution in [0.25, 0.3) is 0 Å². The van der Waals surface area contributed by atoms with E-state index in [1.165, 1.54) is 0 Å². The lowest BCUT2D eigenvalue weighted by Crippen LogP contribution is -2.64. The van der Waals surface area contributed by atoms with E-state index in [0.717, 1.165) is 0 Å². The van der Waals surface area contributed by atoms with Crippen molar-refractivity contribution >= 4 is 17.3 Å². The quantitative estimate of drug-likeness (QED) is 0.300.